The van der Waals surface area contributed by atoms with Gasteiger partial charge in [-0.25, -0.2) is 14.8 Å². The van der Waals surface area contributed by atoms with E-state index in [4.69, 9.17) is 14.2 Å². The molecular weight excluding hydrogens is 458 g/mol. The van der Waals surface area contributed by atoms with Crippen molar-refractivity contribution in [1.82, 2.24) is 9.97 Å². The second-order valence-corrected chi connectivity index (χ2v) is 8.05. The molecule has 0 amide bonds. The zero-order valence-corrected chi connectivity index (χ0v) is 20.0. The van der Waals surface area contributed by atoms with Crippen LogP contribution in [0, 0.1) is 0 Å². The lowest BCUT2D eigenvalue weighted by molar-refractivity contribution is -0.137. The molecule has 0 aliphatic carbocycles. The minimum absolute atomic E-state index is 0.334. The number of ether oxygens (including phenoxy) is 3. The van der Waals surface area contributed by atoms with Gasteiger partial charge >= 0.3 is 5.97 Å². The summed E-state index contributed by atoms with van der Waals surface area (Å²) in [5.41, 5.74) is 3.37. The maximum atomic E-state index is 11.8. The molecule has 0 aliphatic rings. The summed E-state index contributed by atoms with van der Waals surface area (Å²) in [6.07, 6.45) is 1.75. The molecule has 1 aromatic heterocycles. The molecule has 0 aliphatic heterocycles. The topological polar surface area (TPSA) is 103 Å². The summed E-state index contributed by atoms with van der Waals surface area (Å²) in [6.45, 7) is 0.354. The summed E-state index contributed by atoms with van der Waals surface area (Å²) >= 11 is 0. The SMILES string of the molecule is COc1cc(COc2ccc(-c3cc(NC(Cc4ccccc4)C(=O)O)ncn3)cc2)cc(OC)c1. The number of hydrogen-bond acceptors (Lipinski definition) is 7. The van der Waals surface area contributed by atoms with Gasteiger partial charge in [-0.2, -0.15) is 0 Å². The number of methoxy groups -OCH3 is 2. The van der Waals surface area contributed by atoms with E-state index in [2.05, 4.69) is 15.3 Å². The van der Waals surface area contributed by atoms with Crippen molar-refractivity contribution in [2.75, 3.05) is 19.5 Å². The van der Waals surface area contributed by atoms with Gasteiger partial charge in [0.05, 0.1) is 19.9 Å². The summed E-state index contributed by atoms with van der Waals surface area (Å²) in [6, 6.07) is 23.5. The van der Waals surface area contributed by atoms with Crippen molar-refractivity contribution < 1.29 is 24.1 Å². The van der Waals surface area contributed by atoms with Crippen LogP contribution in [-0.2, 0) is 17.8 Å². The van der Waals surface area contributed by atoms with Crippen molar-refractivity contribution in [2.24, 2.45) is 0 Å². The van der Waals surface area contributed by atoms with Gasteiger partial charge in [-0.15, -0.1) is 0 Å². The molecule has 0 radical (unpaired) electrons. The number of hydrogen-bond donors (Lipinski definition) is 2. The number of rotatable bonds is 11. The zero-order chi connectivity index (χ0) is 25.3. The minimum atomic E-state index is -0.950. The predicted octanol–water partition coefficient (Wildman–Crippen LogP) is 4.85. The van der Waals surface area contributed by atoms with Crippen LogP contribution in [0.3, 0.4) is 0 Å². The van der Waals surface area contributed by atoms with Gasteiger partial charge in [-0.1, -0.05) is 30.3 Å². The Morgan fingerprint density at radius 2 is 1.56 bits per heavy atom. The van der Waals surface area contributed by atoms with Crippen LogP contribution in [0.4, 0.5) is 5.82 Å². The lowest BCUT2D eigenvalue weighted by Crippen LogP contribution is -2.31. The normalized spacial score (nSPS) is 11.4. The molecular formula is C28H27N3O5. The van der Waals surface area contributed by atoms with E-state index in [0.717, 1.165) is 16.7 Å². The second-order valence-electron chi connectivity index (χ2n) is 8.05. The number of aliphatic carboxylic acids is 1. The fourth-order valence-corrected chi connectivity index (χ4v) is 3.66. The molecule has 4 aromatic rings. The highest BCUT2D eigenvalue weighted by atomic mass is 16.5. The first-order valence-electron chi connectivity index (χ1n) is 11.3. The van der Waals surface area contributed by atoms with Gasteiger partial charge in [-0.05, 0) is 47.5 Å². The average molecular weight is 486 g/mol. The van der Waals surface area contributed by atoms with E-state index in [1.807, 2.05) is 72.8 Å². The van der Waals surface area contributed by atoms with Gasteiger partial charge in [0.25, 0.3) is 0 Å². The van der Waals surface area contributed by atoms with Crippen molar-refractivity contribution >= 4 is 11.8 Å². The number of nitrogens with one attached hydrogen (secondary N) is 1. The van der Waals surface area contributed by atoms with Gasteiger partial charge in [0.2, 0.25) is 0 Å². The largest absolute Gasteiger partial charge is 0.497 e. The van der Waals surface area contributed by atoms with E-state index in [9.17, 15) is 9.90 Å². The number of anilines is 1. The molecule has 3 aromatic carbocycles. The first-order chi connectivity index (χ1) is 17.5. The molecule has 0 bridgehead atoms. The molecule has 0 saturated carbocycles. The summed E-state index contributed by atoms with van der Waals surface area (Å²) < 4.78 is 16.5. The minimum Gasteiger partial charge on any atom is -0.497 e. The monoisotopic (exact) mass is 485 g/mol. The maximum absolute atomic E-state index is 11.8. The van der Waals surface area contributed by atoms with Crippen LogP contribution in [0.1, 0.15) is 11.1 Å². The molecule has 1 atom stereocenters. The third-order valence-electron chi connectivity index (χ3n) is 5.54. The van der Waals surface area contributed by atoms with Crippen LogP contribution in [0.2, 0.25) is 0 Å². The molecule has 1 unspecified atom stereocenters. The first-order valence-corrected chi connectivity index (χ1v) is 11.3. The number of carbonyl (C=O) groups is 1. The average Bonchev–Trinajstić information content (AvgIpc) is 2.92. The molecule has 2 N–H and O–H groups in total. The van der Waals surface area contributed by atoms with Gasteiger partial charge < -0.3 is 24.6 Å². The van der Waals surface area contributed by atoms with Crippen LogP contribution < -0.4 is 19.5 Å². The van der Waals surface area contributed by atoms with Gasteiger partial charge in [0.1, 0.15) is 42.0 Å². The van der Waals surface area contributed by atoms with Gasteiger partial charge in [-0.3, -0.25) is 0 Å². The predicted molar refractivity (Wildman–Crippen MR) is 137 cm³/mol. The molecule has 184 valence electrons. The molecule has 0 saturated heterocycles. The Labute approximate surface area is 209 Å². The van der Waals surface area contributed by atoms with Crippen LogP contribution in [0.5, 0.6) is 17.2 Å². The van der Waals surface area contributed by atoms with Crippen molar-refractivity contribution in [3.63, 3.8) is 0 Å². The molecule has 4 rings (SSSR count). The van der Waals surface area contributed by atoms with E-state index in [-0.39, 0.29) is 0 Å². The second kappa shape index (κ2) is 11.7. The molecule has 0 fully saturated rings. The molecule has 8 nitrogen and oxygen atoms in total. The van der Waals surface area contributed by atoms with E-state index >= 15 is 0 Å². The Morgan fingerprint density at radius 1 is 0.861 bits per heavy atom. The Bertz CT molecular complexity index is 1270. The summed E-state index contributed by atoms with van der Waals surface area (Å²) in [5, 5.41) is 12.7. The standard InChI is InChI=1S/C28H27N3O5/c1-34-23-12-20(13-24(15-23)35-2)17-36-22-10-8-21(9-11-22)25-16-27(30-18-29-25)31-26(28(32)33)14-19-6-4-3-5-7-19/h3-13,15-16,18,26H,14,17H2,1-2H3,(H,32,33)(H,29,30,31). The third-order valence-corrected chi connectivity index (χ3v) is 5.54. The van der Waals surface area contributed by atoms with Crippen molar-refractivity contribution in [2.45, 2.75) is 19.1 Å². The zero-order valence-electron chi connectivity index (χ0n) is 20.0. The Morgan fingerprint density at radius 3 is 2.19 bits per heavy atom. The highest BCUT2D eigenvalue weighted by Crippen LogP contribution is 2.25. The third kappa shape index (κ3) is 6.50. The fraction of sp³-hybridized carbons (Fsp3) is 0.179. The van der Waals surface area contributed by atoms with E-state index in [1.165, 1.54) is 6.33 Å². The number of benzene rings is 3. The van der Waals surface area contributed by atoms with Crippen LogP contribution in [0.15, 0.2) is 85.2 Å². The summed E-state index contributed by atoms with van der Waals surface area (Å²) in [4.78, 5) is 20.3. The number of nitrogens with zero attached hydrogens (tertiary/aromatic N) is 2. The highest BCUT2D eigenvalue weighted by Gasteiger charge is 2.18. The quantitative estimate of drug-likeness (QED) is 0.311. The van der Waals surface area contributed by atoms with Crippen molar-refractivity contribution in [3.05, 3.63) is 96.3 Å². The molecule has 1 heterocycles. The fourth-order valence-electron chi connectivity index (χ4n) is 3.66. The smallest absolute Gasteiger partial charge is 0.326 e. The van der Waals surface area contributed by atoms with E-state index in [0.29, 0.717) is 41.8 Å². The van der Waals surface area contributed by atoms with Crippen LogP contribution in [-0.4, -0.2) is 41.3 Å². The Balaban J connectivity index is 1.42. The summed E-state index contributed by atoms with van der Waals surface area (Å²) in [5.74, 6) is 1.59. The highest BCUT2D eigenvalue weighted by molar-refractivity contribution is 5.77. The van der Waals surface area contributed by atoms with Crippen LogP contribution >= 0.6 is 0 Å². The summed E-state index contributed by atoms with van der Waals surface area (Å²) in [7, 11) is 3.22. The number of carboxylic acid groups (broad SMARTS) is 1. The molecule has 36 heavy (non-hydrogen) atoms. The molecule has 0 spiro atoms. The van der Waals surface area contributed by atoms with Gasteiger partial charge in [0.15, 0.2) is 0 Å². The van der Waals surface area contributed by atoms with E-state index in [1.54, 1.807) is 20.3 Å². The van der Waals surface area contributed by atoms with Crippen molar-refractivity contribution in [1.29, 1.82) is 0 Å². The van der Waals surface area contributed by atoms with Crippen molar-refractivity contribution in [3.8, 4) is 28.5 Å². The lowest BCUT2D eigenvalue weighted by Gasteiger charge is -2.15. The Kier molecular flexibility index (Phi) is 7.97. The lowest BCUT2D eigenvalue weighted by atomic mass is 10.1. The number of aromatic nitrogens is 2. The van der Waals surface area contributed by atoms with Gasteiger partial charge in [0, 0.05) is 24.1 Å². The molecule has 8 heteroatoms. The number of carboxylic acids is 1. The first kappa shape index (κ1) is 24.5. The maximum Gasteiger partial charge on any atom is 0.326 e. The Hall–Kier alpha value is -4.59. The van der Waals surface area contributed by atoms with E-state index < -0.39 is 12.0 Å². The van der Waals surface area contributed by atoms with Crippen LogP contribution in [0.25, 0.3) is 11.3 Å².